The summed E-state index contributed by atoms with van der Waals surface area (Å²) in [5.74, 6) is 0.771. The molecule has 0 bridgehead atoms. The van der Waals surface area contributed by atoms with Crippen LogP contribution in [-0.2, 0) is 6.42 Å². The normalized spacial score (nSPS) is 16.6. The summed E-state index contributed by atoms with van der Waals surface area (Å²) in [5.41, 5.74) is 3.74. The maximum Gasteiger partial charge on any atom is 0.119 e. The van der Waals surface area contributed by atoms with Crippen molar-refractivity contribution < 1.29 is 9.84 Å². The number of aliphatic hydroxyl groups excluding tert-OH is 1. The Bertz CT molecular complexity index is 613. The molecule has 21 heavy (non-hydrogen) atoms. The zero-order chi connectivity index (χ0) is 14.7. The monoisotopic (exact) mass is 303 g/mol. The molecule has 1 aliphatic rings. The molecule has 2 N–H and O–H groups in total. The van der Waals surface area contributed by atoms with Gasteiger partial charge in [0, 0.05) is 10.7 Å². The Balaban J connectivity index is 1.68. The van der Waals surface area contributed by atoms with Gasteiger partial charge in [-0.25, -0.2) is 0 Å². The van der Waals surface area contributed by atoms with Crippen LogP contribution >= 0.6 is 11.6 Å². The maximum absolute atomic E-state index is 8.74. The molecule has 0 heterocycles. The molecule has 0 fully saturated rings. The Morgan fingerprint density at radius 3 is 2.76 bits per heavy atom. The van der Waals surface area contributed by atoms with Crippen LogP contribution in [0, 0.1) is 0 Å². The lowest BCUT2D eigenvalue weighted by Crippen LogP contribution is -2.07. The molecule has 1 unspecified atom stereocenters. The summed E-state index contributed by atoms with van der Waals surface area (Å²) in [7, 11) is 0. The van der Waals surface area contributed by atoms with Crippen molar-refractivity contribution in [1.82, 2.24) is 0 Å². The number of anilines is 1. The van der Waals surface area contributed by atoms with E-state index in [2.05, 4.69) is 17.4 Å². The van der Waals surface area contributed by atoms with Crippen LogP contribution in [0.15, 0.2) is 42.5 Å². The average Bonchev–Trinajstić information content (AvgIpc) is 2.88. The molecule has 0 aromatic heterocycles. The standard InChI is InChI=1S/C17H18ClNO2/c18-13-2-7-16-12(11-13)1-8-17(16)19-14-3-5-15(6-4-14)21-10-9-20/h2-7,11,17,19-20H,1,8-10H2. The van der Waals surface area contributed by atoms with Crippen molar-refractivity contribution in [1.29, 1.82) is 0 Å². The van der Waals surface area contributed by atoms with Crippen LogP contribution in [0.3, 0.4) is 0 Å². The largest absolute Gasteiger partial charge is 0.491 e. The van der Waals surface area contributed by atoms with Crippen LogP contribution in [0.4, 0.5) is 5.69 Å². The summed E-state index contributed by atoms with van der Waals surface area (Å²) in [6.07, 6.45) is 2.14. The summed E-state index contributed by atoms with van der Waals surface area (Å²) in [6.45, 7) is 0.352. The minimum Gasteiger partial charge on any atom is -0.491 e. The first kappa shape index (κ1) is 14.2. The van der Waals surface area contributed by atoms with Gasteiger partial charge in [-0.1, -0.05) is 17.7 Å². The highest BCUT2D eigenvalue weighted by Gasteiger charge is 2.22. The topological polar surface area (TPSA) is 41.5 Å². The number of benzene rings is 2. The third kappa shape index (κ3) is 3.31. The van der Waals surface area contributed by atoms with E-state index in [-0.39, 0.29) is 6.61 Å². The zero-order valence-corrected chi connectivity index (χ0v) is 12.4. The highest BCUT2D eigenvalue weighted by Crippen LogP contribution is 2.35. The highest BCUT2D eigenvalue weighted by atomic mass is 35.5. The van der Waals surface area contributed by atoms with Crippen molar-refractivity contribution in [3.63, 3.8) is 0 Å². The molecule has 2 aromatic carbocycles. The van der Waals surface area contributed by atoms with Crippen molar-refractivity contribution in [3.8, 4) is 5.75 Å². The lowest BCUT2D eigenvalue weighted by atomic mass is 10.1. The fourth-order valence-electron chi connectivity index (χ4n) is 2.75. The van der Waals surface area contributed by atoms with Crippen molar-refractivity contribution in [2.45, 2.75) is 18.9 Å². The lowest BCUT2D eigenvalue weighted by molar-refractivity contribution is 0.201. The van der Waals surface area contributed by atoms with E-state index in [1.807, 2.05) is 30.3 Å². The Kier molecular flexibility index (Phi) is 4.32. The molecule has 0 amide bonds. The fraction of sp³-hybridized carbons (Fsp3) is 0.294. The van der Waals surface area contributed by atoms with Crippen LogP contribution in [0.2, 0.25) is 5.02 Å². The average molecular weight is 304 g/mol. The predicted molar refractivity (Wildman–Crippen MR) is 85.2 cm³/mol. The number of aliphatic hydroxyl groups is 1. The Hall–Kier alpha value is -1.71. The molecule has 0 aliphatic heterocycles. The third-order valence-corrected chi connectivity index (χ3v) is 3.97. The van der Waals surface area contributed by atoms with Crippen LogP contribution in [0.5, 0.6) is 5.75 Å². The van der Waals surface area contributed by atoms with Crippen molar-refractivity contribution in [3.05, 3.63) is 58.6 Å². The maximum atomic E-state index is 8.74. The number of fused-ring (bicyclic) bond motifs is 1. The first-order chi connectivity index (χ1) is 10.3. The number of hydrogen-bond acceptors (Lipinski definition) is 3. The first-order valence-corrected chi connectivity index (χ1v) is 7.52. The van der Waals surface area contributed by atoms with Gasteiger partial charge in [0.15, 0.2) is 0 Å². The molecule has 0 radical (unpaired) electrons. The van der Waals surface area contributed by atoms with Gasteiger partial charge in [0.25, 0.3) is 0 Å². The van der Waals surface area contributed by atoms with Gasteiger partial charge in [-0.05, 0) is 60.4 Å². The lowest BCUT2D eigenvalue weighted by Gasteiger charge is -2.16. The van der Waals surface area contributed by atoms with E-state index >= 15 is 0 Å². The molecule has 0 spiro atoms. The van der Waals surface area contributed by atoms with Gasteiger partial charge in [-0.2, -0.15) is 0 Å². The number of halogens is 1. The van der Waals surface area contributed by atoms with Gasteiger partial charge in [0.2, 0.25) is 0 Å². The Morgan fingerprint density at radius 2 is 2.00 bits per heavy atom. The van der Waals surface area contributed by atoms with E-state index in [9.17, 15) is 0 Å². The molecule has 1 aliphatic carbocycles. The molecule has 1 atom stereocenters. The number of nitrogens with one attached hydrogen (secondary N) is 1. The summed E-state index contributed by atoms with van der Waals surface area (Å²) in [5, 5.41) is 13.1. The Morgan fingerprint density at radius 1 is 1.19 bits per heavy atom. The van der Waals surface area contributed by atoms with Gasteiger partial charge >= 0.3 is 0 Å². The summed E-state index contributed by atoms with van der Waals surface area (Å²) >= 11 is 6.04. The predicted octanol–water partition coefficient (Wildman–Crippen LogP) is 3.81. The summed E-state index contributed by atoms with van der Waals surface area (Å²) < 4.78 is 5.36. The quantitative estimate of drug-likeness (QED) is 0.882. The molecule has 110 valence electrons. The van der Waals surface area contributed by atoms with E-state index < -0.39 is 0 Å². The van der Waals surface area contributed by atoms with Gasteiger partial charge < -0.3 is 15.2 Å². The third-order valence-electron chi connectivity index (χ3n) is 3.74. The molecule has 0 saturated heterocycles. The van der Waals surface area contributed by atoms with Crippen molar-refractivity contribution >= 4 is 17.3 Å². The molecular weight excluding hydrogens is 286 g/mol. The minimum absolute atomic E-state index is 0.0292. The minimum atomic E-state index is 0.0292. The molecule has 2 aromatic rings. The summed E-state index contributed by atoms with van der Waals surface area (Å²) in [4.78, 5) is 0. The molecule has 4 heteroatoms. The number of aryl methyl sites for hydroxylation is 1. The van der Waals surface area contributed by atoms with Crippen LogP contribution in [-0.4, -0.2) is 18.3 Å². The molecule has 0 saturated carbocycles. The number of ether oxygens (including phenoxy) is 1. The van der Waals surface area contributed by atoms with Gasteiger partial charge in [-0.3, -0.25) is 0 Å². The van der Waals surface area contributed by atoms with E-state index in [0.717, 1.165) is 29.3 Å². The molecule has 3 nitrogen and oxygen atoms in total. The Labute approximate surface area is 129 Å². The van der Waals surface area contributed by atoms with Crippen LogP contribution < -0.4 is 10.1 Å². The van der Waals surface area contributed by atoms with E-state index in [1.54, 1.807) is 0 Å². The highest BCUT2D eigenvalue weighted by molar-refractivity contribution is 6.30. The second kappa shape index (κ2) is 6.37. The van der Waals surface area contributed by atoms with Gasteiger partial charge in [0.1, 0.15) is 12.4 Å². The van der Waals surface area contributed by atoms with Gasteiger partial charge in [0.05, 0.1) is 12.6 Å². The van der Waals surface area contributed by atoms with Crippen LogP contribution in [0.1, 0.15) is 23.6 Å². The van der Waals surface area contributed by atoms with Crippen LogP contribution in [0.25, 0.3) is 0 Å². The first-order valence-electron chi connectivity index (χ1n) is 7.15. The fourth-order valence-corrected chi connectivity index (χ4v) is 2.94. The second-order valence-corrected chi connectivity index (χ2v) is 5.61. The zero-order valence-electron chi connectivity index (χ0n) is 11.7. The number of hydrogen-bond donors (Lipinski definition) is 2. The van der Waals surface area contributed by atoms with Crippen molar-refractivity contribution in [2.24, 2.45) is 0 Å². The second-order valence-electron chi connectivity index (χ2n) is 5.18. The number of rotatable bonds is 5. The SMILES string of the molecule is OCCOc1ccc(NC2CCc3cc(Cl)ccc32)cc1. The van der Waals surface area contributed by atoms with Gasteiger partial charge in [-0.15, -0.1) is 0 Å². The van der Waals surface area contributed by atoms with E-state index in [0.29, 0.717) is 12.6 Å². The molecular formula is C17H18ClNO2. The van der Waals surface area contributed by atoms with E-state index in [1.165, 1.54) is 11.1 Å². The molecule has 3 rings (SSSR count). The van der Waals surface area contributed by atoms with Crippen molar-refractivity contribution in [2.75, 3.05) is 18.5 Å². The van der Waals surface area contributed by atoms with E-state index in [4.69, 9.17) is 21.4 Å². The smallest absolute Gasteiger partial charge is 0.119 e. The summed E-state index contributed by atoms with van der Waals surface area (Å²) in [6, 6.07) is 14.3.